The van der Waals surface area contributed by atoms with Crippen LogP contribution in [-0.2, 0) is 6.54 Å². The molecule has 2 N–H and O–H groups in total. The molecule has 0 radical (unpaired) electrons. The Kier molecular flexibility index (Phi) is 4.46. The predicted molar refractivity (Wildman–Crippen MR) is 74.2 cm³/mol. The summed E-state index contributed by atoms with van der Waals surface area (Å²) in [7, 11) is 0. The topological polar surface area (TPSA) is 54.0 Å². The zero-order chi connectivity index (χ0) is 13.7. The Labute approximate surface area is 118 Å². The number of halogens is 2. The van der Waals surface area contributed by atoms with Crippen molar-refractivity contribution in [1.82, 2.24) is 10.3 Å². The molecule has 0 aliphatic carbocycles. The second-order valence-corrected chi connectivity index (χ2v) is 4.67. The van der Waals surface area contributed by atoms with Crippen LogP contribution in [0.2, 0.25) is 0 Å². The monoisotopic (exact) mass is 323 g/mol. The predicted octanol–water partition coefficient (Wildman–Crippen LogP) is 3.30. The van der Waals surface area contributed by atoms with E-state index in [0.29, 0.717) is 4.47 Å². The Hall–Kier alpha value is -1.95. The number of anilines is 1. The highest BCUT2D eigenvalue weighted by Gasteiger charge is 2.06. The quantitative estimate of drug-likeness (QED) is 0.910. The first-order valence-electron chi connectivity index (χ1n) is 5.55. The number of nitrogens with one attached hydrogen (secondary N) is 2. The number of aromatic nitrogens is 1. The van der Waals surface area contributed by atoms with E-state index in [1.807, 2.05) is 6.07 Å². The summed E-state index contributed by atoms with van der Waals surface area (Å²) < 4.78 is 14.1. The van der Waals surface area contributed by atoms with Gasteiger partial charge in [-0.05, 0) is 30.3 Å². The Bertz CT molecular complexity index is 577. The van der Waals surface area contributed by atoms with Crippen LogP contribution in [0.5, 0.6) is 0 Å². The van der Waals surface area contributed by atoms with Crippen LogP contribution in [0.3, 0.4) is 0 Å². The fourth-order valence-electron chi connectivity index (χ4n) is 1.43. The van der Waals surface area contributed by atoms with Crippen molar-refractivity contribution in [3.8, 4) is 0 Å². The molecule has 0 aliphatic rings. The van der Waals surface area contributed by atoms with Crippen LogP contribution in [0.15, 0.2) is 47.1 Å². The number of carbonyl (C=O) groups excluding carboxylic acids is 1. The molecule has 2 amide bonds. The molecule has 0 fully saturated rings. The third kappa shape index (κ3) is 4.03. The molecule has 1 heterocycles. The van der Waals surface area contributed by atoms with E-state index in [2.05, 4.69) is 31.5 Å². The van der Waals surface area contributed by atoms with Gasteiger partial charge in [0.1, 0.15) is 5.82 Å². The van der Waals surface area contributed by atoms with Gasteiger partial charge in [-0.3, -0.25) is 4.98 Å². The van der Waals surface area contributed by atoms with E-state index in [4.69, 9.17) is 0 Å². The zero-order valence-corrected chi connectivity index (χ0v) is 11.4. The highest BCUT2D eigenvalue weighted by Crippen LogP contribution is 2.19. The molecule has 6 heteroatoms. The van der Waals surface area contributed by atoms with Gasteiger partial charge >= 0.3 is 6.03 Å². The summed E-state index contributed by atoms with van der Waals surface area (Å²) in [5.74, 6) is -0.498. The summed E-state index contributed by atoms with van der Waals surface area (Å²) in [5, 5.41) is 5.03. The molecule has 0 saturated carbocycles. The average Bonchev–Trinajstić information content (AvgIpc) is 2.41. The highest BCUT2D eigenvalue weighted by atomic mass is 79.9. The molecule has 2 rings (SSSR count). The van der Waals surface area contributed by atoms with Crippen LogP contribution in [0, 0.1) is 5.82 Å². The molecule has 19 heavy (non-hydrogen) atoms. The lowest BCUT2D eigenvalue weighted by Crippen LogP contribution is -2.28. The molecule has 1 aromatic heterocycles. The molecule has 1 aromatic carbocycles. The van der Waals surface area contributed by atoms with Gasteiger partial charge in [0.2, 0.25) is 0 Å². The number of pyridine rings is 1. The van der Waals surface area contributed by atoms with E-state index in [1.165, 1.54) is 12.1 Å². The number of amides is 2. The number of hydrogen-bond acceptors (Lipinski definition) is 2. The molecule has 98 valence electrons. The van der Waals surface area contributed by atoms with Crippen molar-refractivity contribution >= 4 is 27.6 Å². The van der Waals surface area contributed by atoms with Crippen molar-refractivity contribution in [1.29, 1.82) is 0 Å². The van der Waals surface area contributed by atoms with Crippen LogP contribution < -0.4 is 10.6 Å². The normalized spacial score (nSPS) is 10.0. The number of rotatable bonds is 3. The third-order valence-corrected chi connectivity index (χ3v) is 2.83. The largest absolute Gasteiger partial charge is 0.332 e. The van der Waals surface area contributed by atoms with Gasteiger partial charge in [-0.2, -0.15) is 0 Å². The van der Waals surface area contributed by atoms with Crippen molar-refractivity contribution < 1.29 is 9.18 Å². The van der Waals surface area contributed by atoms with E-state index in [1.54, 1.807) is 24.4 Å². The molecule has 0 unspecified atom stereocenters. The molecular formula is C13H11BrFN3O. The minimum absolute atomic E-state index is 0.127. The minimum Gasteiger partial charge on any atom is -0.332 e. The van der Waals surface area contributed by atoms with E-state index in [0.717, 1.165) is 5.69 Å². The average molecular weight is 324 g/mol. The molecule has 0 aliphatic heterocycles. The lowest BCUT2D eigenvalue weighted by atomic mass is 10.3. The van der Waals surface area contributed by atoms with Gasteiger partial charge in [0.05, 0.1) is 17.9 Å². The fraction of sp³-hybridized carbons (Fsp3) is 0.0769. The van der Waals surface area contributed by atoms with Crippen molar-refractivity contribution in [3.63, 3.8) is 0 Å². The summed E-state index contributed by atoms with van der Waals surface area (Å²) in [6, 6.07) is 9.36. The minimum atomic E-state index is -0.498. The number of nitrogens with zero attached hydrogens (tertiary/aromatic N) is 1. The van der Waals surface area contributed by atoms with Gasteiger partial charge < -0.3 is 10.6 Å². The standard InChI is InChI=1S/C13H11BrFN3O/c14-9-4-5-12(11(15)7-9)18-13(19)17-8-10-3-1-2-6-16-10/h1-7H,8H2,(H2,17,18,19). The Morgan fingerprint density at radius 3 is 2.84 bits per heavy atom. The maximum absolute atomic E-state index is 13.5. The first-order valence-corrected chi connectivity index (χ1v) is 6.34. The molecular weight excluding hydrogens is 313 g/mol. The van der Waals surface area contributed by atoms with Gasteiger partial charge in [-0.15, -0.1) is 0 Å². The fourth-order valence-corrected chi connectivity index (χ4v) is 1.76. The third-order valence-electron chi connectivity index (χ3n) is 2.34. The van der Waals surface area contributed by atoms with Gasteiger partial charge in [-0.25, -0.2) is 9.18 Å². The number of benzene rings is 1. The summed E-state index contributed by atoms with van der Waals surface area (Å²) >= 11 is 3.15. The van der Waals surface area contributed by atoms with Gasteiger partial charge in [-0.1, -0.05) is 22.0 Å². The van der Waals surface area contributed by atoms with Crippen molar-refractivity contribution in [2.24, 2.45) is 0 Å². The van der Waals surface area contributed by atoms with Crippen molar-refractivity contribution in [2.75, 3.05) is 5.32 Å². The van der Waals surface area contributed by atoms with Crippen LogP contribution >= 0.6 is 15.9 Å². The van der Waals surface area contributed by atoms with E-state index in [-0.39, 0.29) is 12.2 Å². The van der Waals surface area contributed by atoms with Crippen molar-refractivity contribution in [2.45, 2.75) is 6.54 Å². The van der Waals surface area contributed by atoms with E-state index < -0.39 is 11.8 Å². The SMILES string of the molecule is O=C(NCc1ccccn1)Nc1ccc(Br)cc1F. The Balaban J connectivity index is 1.91. The Morgan fingerprint density at radius 1 is 1.32 bits per heavy atom. The zero-order valence-electron chi connectivity index (χ0n) is 9.86. The van der Waals surface area contributed by atoms with Gasteiger partial charge in [0.25, 0.3) is 0 Å². The first kappa shape index (κ1) is 13.5. The van der Waals surface area contributed by atoms with Gasteiger partial charge in [0, 0.05) is 10.7 Å². The molecule has 2 aromatic rings. The van der Waals surface area contributed by atoms with Crippen LogP contribution in [-0.4, -0.2) is 11.0 Å². The molecule has 4 nitrogen and oxygen atoms in total. The molecule has 0 bridgehead atoms. The van der Waals surface area contributed by atoms with Crippen LogP contribution in [0.1, 0.15) is 5.69 Å². The number of urea groups is 1. The van der Waals surface area contributed by atoms with Gasteiger partial charge in [0.15, 0.2) is 0 Å². The molecule has 0 atom stereocenters. The lowest BCUT2D eigenvalue weighted by Gasteiger charge is -2.08. The van der Waals surface area contributed by atoms with Crippen molar-refractivity contribution in [3.05, 3.63) is 58.6 Å². The molecule has 0 spiro atoms. The van der Waals surface area contributed by atoms with Crippen LogP contribution in [0.4, 0.5) is 14.9 Å². The second-order valence-electron chi connectivity index (χ2n) is 3.75. The van der Waals surface area contributed by atoms with Crippen LogP contribution in [0.25, 0.3) is 0 Å². The lowest BCUT2D eigenvalue weighted by molar-refractivity contribution is 0.251. The summed E-state index contributed by atoms with van der Waals surface area (Å²) in [4.78, 5) is 15.7. The Morgan fingerprint density at radius 2 is 2.16 bits per heavy atom. The smallest absolute Gasteiger partial charge is 0.319 e. The summed E-state index contributed by atoms with van der Waals surface area (Å²) in [6.07, 6.45) is 1.64. The maximum Gasteiger partial charge on any atom is 0.319 e. The molecule has 0 saturated heterocycles. The number of hydrogen-bond donors (Lipinski definition) is 2. The maximum atomic E-state index is 13.5. The summed E-state index contributed by atoms with van der Waals surface area (Å²) in [6.45, 7) is 0.283. The first-order chi connectivity index (χ1) is 9.15. The van der Waals surface area contributed by atoms with E-state index >= 15 is 0 Å². The number of carbonyl (C=O) groups is 1. The highest BCUT2D eigenvalue weighted by molar-refractivity contribution is 9.10. The summed E-state index contributed by atoms with van der Waals surface area (Å²) in [5.41, 5.74) is 0.857. The second kappa shape index (κ2) is 6.29. The van der Waals surface area contributed by atoms with E-state index in [9.17, 15) is 9.18 Å².